The van der Waals surface area contributed by atoms with Crippen molar-refractivity contribution in [3.05, 3.63) is 29.8 Å². The SMILES string of the molecule is CC(C)NCC1(CC2COc3ccccc32)CC1. The Hall–Kier alpha value is -1.02. The van der Waals surface area contributed by atoms with E-state index in [0.717, 1.165) is 12.4 Å². The summed E-state index contributed by atoms with van der Waals surface area (Å²) in [4.78, 5) is 0. The molecule has 1 N–H and O–H groups in total. The van der Waals surface area contributed by atoms with Gasteiger partial charge in [0.05, 0.1) is 6.61 Å². The number of nitrogens with one attached hydrogen (secondary N) is 1. The molecule has 1 saturated carbocycles. The quantitative estimate of drug-likeness (QED) is 0.859. The molecule has 1 aromatic rings. The molecule has 0 aromatic heterocycles. The molecule has 1 aliphatic carbocycles. The molecule has 1 aliphatic heterocycles. The Morgan fingerprint density at radius 3 is 2.83 bits per heavy atom. The van der Waals surface area contributed by atoms with Crippen LogP contribution in [0.3, 0.4) is 0 Å². The van der Waals surface area contributed by atoms with Gasteiger partial charge in [-0.3, -0.25) is 0 Å². The molecule has 2 aliphatic rings. The van der Waals surface area contributed by atoms with Crippen molar-refractivity contribution < 1.29 is 4.74 Å². The summed E-state index contributed by atoms with van der Waals surface area (Å²) in [6.45, 7) is 6.50. The van der Waals surface area contributed by atoms with Crippen LogP contribution in [-0.2, 0) is 0 Å². The first-order valence-corrected chi connectivity index (χ1v) is 7.14. The highest BCUT2D eigenvalue weighted by atomic mass is 16.5. The van der Waals surface area contributed by atoms with Crippen LogP contribution in [0, 0.1) is 5.41 Å². The number of ether oxygens (including phenoxy) is 1. The molecule has 2 heteroatoms. The summed E-state index contributed by atoms with van der Waals surface area (Å²) in [5.41, 5.74) is 1.98. The molecule has 3 rings (SSSR count). The van der Waals surface area contributed by atoms with E-state index in [2.05, 4.69) is 43.4 Å². The van der Waals surface area contributed by atoms with Crippen molar-refractivity contribution in [2.75, 3.05) is 13.2 Å². The summed E-state index contributed by atoms with van der Waals surface area (Å²) in [6.07, 6.45) is 4.04. The molecule has 1 atom stereocenters. The van der Waals surface area contributed by atoms with Gasteiger partial charge in [-0.1, -0.05) is 32.0 Å². The third-order valence-corrected chi connectivity index (χ3v) is 4.32. The lowest BCUT2D eigenvalue weighted by Gasteiger charge is -2.21. The van der Waals surface area contributed by atoms with E-state index >= 15 is 0 Å². The normalized spacial score (nSPS) is 23.8. The van der Waals surface area contributed by atoms with Crippen LogP contribution in [0.15, 0.2) is 24.3 Å². The predicted molar refractivity (Wildman–Crippen MR) is 74.1 cm³/mol. The zero-order chi connectivity index (χ0) is 12.6. The molecular weight excluding hydrogens is 222 g/mol. The third kappa shape index (κ3) is 2.39. The van der Waals surface area contributed by atoms with E-state index in [1.54, 1.807) is 0 Å². The molecule has 18 heavy (non-hydrogen) atoms. The van der Waals surface area contributed by atoms with Gasteiger partial charge < -0.3 is 10.1 Å². The van der Waals surface area contributed by atoms with E-state index in [-0.39, 0.29) is 0 Å². The van der Waals surface area contributed by atoms with Crippen LogP contribution in [0.5, 0.6) is 5.75 Å². The number of para-hydroxylation sites is 1. The van der Waals surface area contributed by atoms with Crippen LogP contribution in [0.1, 0.15) is 44.6 Å². The van der Waals surface area contributed by atoms with Crippen molar-refractivity contribution in [3.8, 4) is 5.75 Å². The summed E-state index contributed by atoms with van der Waals surface area (Å²) < 4.78 is 5.79. The van der Waals surface area contributed by atoms with Gasteiger partial charge in [0.2, 0.25) is 0 Å². The van der Waals surface area contributed by atoms with Gasteiger partial charge >= 0.3 is 0 Å². The Morgan fingerprint density at radius 1 is 1.33 bits per heavy atom. The Morgan fingerprint density at radius 2 is 2.11 bits per heavy atom. The van der Waals surface area contributed by atoms with Crippen molar-refractivity contribution in [1.82, 2.24) is 5.32 Å². The van der Waals surface area contributed by atoms with Crippen LogP contribution in [0.2, 0.25) is 0 Å². The molecule has 1 unspecified atom stereocenters. The van der Waals surface area contributed by atoms with Gasteiger partial charge in [0, 0.05) is 24.1 Å². The van der Waals surface area contributed by atoms with E-state index < -0.39 is 0 Å². The summed E-state index contributed by atoms with van der Waals surface area (Å²) in [5.74, 6) is 1.72. The molecular formula is C16H23NO. The Bertz CT molecular complexity index is 423. The number of hydrogen-bond acceptors (Lipinski definition) is 2. The standard InChI is InChI=1S/C16H23NO/c1-12(2)17-11-16(7-8-16)9-13-10-18-15-6-4-3-5-14(13)15/h3-6,12-13,17H,7-11H2,1-2H3. The van der Waals surface area contributed by atoms with Crippen LogP contribution in [0.25, 0.3) is 0 Å². The van der Waals surface area contributed by atoms with E-state index in [1.807, 2.05) is 0 Å². The number of hydrogen-bond donors (Lipinski definition) is 1. The monoisotopic (exact) mass is 245 g/mol. The molecule has 2 nitrogen and oxygen atoms in total. The average molecular weight is 245 g/mol. The summed E-state index contributed by atoms with van der Waals surface area (Å²) >= 11 is 0. The number of benzene rings is 1. The average Bonchev–Trinajstić information content (AvgIpc) is 3.02. The first-order valence-electron chi connectivity index (χ1n) is 7.14. The highest BCUT2D eigenvalue weighted by molar-refractivity contribution is 5.39. The Labute approximate surface area is 110 Å². The lowest BCUT2D eigenvalue weighted by Crippen LogP contribution is -2.31. The fourth-order valence-corrected chi connectivity index (χ4v) is 2.97. The van der Waals surface area contributed by atoms with E-state index in [1.165, 1.54) is 31.4 Å². The zero-order valence-corrected chi connectivity index (χ0v) is 11.4. The fraction of sp³-hybridized carbons (Fsp3) is 0.625. The summed E-state index contributed by atoms with van der Waals surface area (Å²) in [5, 5.41) is 3.61. The molecule has 0 spiro atoms. The lowest BCUT2D eigenvalue weighted by molar-refractivity contribution is 0.293. The molecule has 0 saturated heterocycles. The molecule has 1 heterocycles. The lowest BCUT2D eigenvalue weighted by atomic mass is 9.88. The van der Waals surface area contributed by atoms with Crippen LogP contribution in [-0.4, -0.2) is 19.2 Å². The number of rotatable bonds is 5. The molecule has 0 amide bonds. The third-order valence-electron chi connectivity index (χ3n) is 4.32. The minimum absolute atomic E-state index is 0.551. The largest absolute Gasteiger partial charge is 0.493 e. The van der Waals surface area contributed by atoms with Crippen molar-refractivity contribution >= 4 is 0 Å². The molecule has 1 aromatic carbocycles. The van der Waals surface area contributed by atoms with Crippen LogP contribution >= 0.6 is 0 Å². The summed E-state index contributed by atoms with van der Waals surface area (Å²) in [6, 6.07) is 9.12. The van der Waals surface area contributed by atoms with Gasteiger partial charge in [-0.2, -0.15) is 0 Å². The van der Waals surface area contributed by atoms with E-state index in [4.69, 9.17) is 4.74 Å². The van der Waals surface area contributed by atoms with Gasteiger partial charge in [-0.25, -0.2) is 0 Å². The van der Waals surface area contributed by atoms with Crippen molar-refractivity contribution in [2.45, 2.75) is 45.1 Å². The highest BCUT2D eigenvalue weighted by Gasteiger charge is 2.45. The van der Waals surface area contributed by atoms with Crippen LogP contribution in [0.4, 0.5) is 0 Å². The van der Waals surface area contributed by atoms with Gasteiger partial charge in [0.25, 0.3) is 0 Å². The second kappa shape index (κ2) is 4.58. The maximum Gasteiger partial charge on any atom is 0.122 e. The second-order valence-electron chi connectivity index (χ2n) is 6.29. The first kappa shape index (κ1) is 12.0. The second-order valence-corrected chi connectivity index (χ2v) is 6.29. The van der Waals surface area contributed by atoms with Crippen molar-refractivity contribution in [2.24, 2.45) is 5.41 Å². The first-order chi connectivity index (χ1) is 8.69. The van der Waals surface area contributed by atoms with Gasteiger partial charge in [0.15, 0.2) is 0 Å². The van der Waals surface area contributed by atoms with Gasteiger partial charge in [-0.05, 0) is 30.7 Å². The van der Waals surface area contributed by atoms with E-state index in [0.29, 0.717) is 17.4 Å². The van der Waals surface area contributed by atoms with Crippen LogP contribution < -0.4 is 10.1 Å². The predicted octanol–water partition coefficient (Wildman–Crippen LogP) is 3.33. The molecule has 98 valence electrons. The minimum Gasteiger partial charge on any atom is -0.493 e. The maximum absolute atomic E-state index is 5.79. The maximum atomic E-state index is 5.79. The smallest absolute Gasteiger partial charge is 0.122 e. The molecule has 1 fully saturated rings. The highest BCUT2D eigenvalue weighted by Crippen LogP contribution is 2.53. The fourth-order valence-electron chi connectivity index (χ4n) is 2.97. The Balaban J connectivity index is 1.64. The number of fused-ring (bicyclic) bond motifs is 1. The van der Waals surface area contributed by atoms with Gasteiger partial charge in [0.1, 0.15) is 5.75 Å². The van der Waals surface area contributed by atoms with E-state index in [9.17, 15) is 0 Å². The molecule has 0 radical (unpaired) electrons. The topological polar surface area (TPSA) is 21.3 Å². The van der Waals surface area contributed by atoms with Crippen molar-refractivity contribution in [3.63, 3.8) is 0 Å². The minimum atomic E-state index is 0.551. The van der Waals surface area contributed by atoms with Gasteiger partial charge in [-0.15, -0.1) is 0 Å². The zero-order valence-electron chi connectivity index (χ0n) is 11.4. The van der Waals surface area contributed by atoms with Crippen molar-refractivity contribution in [1.29, 1.82) is 0 Å². The molecule has 0 bridgehead atoms. The summed E-state index contributed by atoms with van der Waals surface area (Å²) in [7, 11) is 0. The Kier molecular flexibility index (Phi) is 3.06.